The highest BCUT2D eigenvalue weighted by Gasteiger charge is 2.47. The molecule has 0 bridgehead atoms. The Morgan fingerprint density at radius 3 is 2.80 bits per heavy atom. The molecule has 0 saturated heterocycles. The van der Waals surface area contributed by atoms with E-state index in [1.165, 1.54) is 19.3 Å². The van der Waals surface area contributed by atoms with Crippen molar-refractivity contribution in [1.29, 1.82) is 0 Å². The molecule has 0 aromatic rings. The van der Waals surface area contributed by atoms with E-state index in [2.05, 4.69) is 6.92 Å². The molecule has 2 aliphatic carbocycles. The highest BCUT2D eigenvalue weighted by Crippen LogP contribution is 2.50. The van der Waals surface area contributed by atoms with Crippen molar-refractivity contribution >= 4 is 0 Å². The summed E-state index contributed by atoms with van der Waals surface area (Å²) in [5.74, 6) is 1.43. The lowest BCUT2D eigenvalue weighted by Gasteiger charge is -2.23. The van der Waals surface area contributed by atoms with E-state index in [9.17, 15) is 5.11 Å². The quantitative estimate of drug-likeness (QED) is 0.545. The summed E-state index contributed by atoms with van der Waals surface area (Å²) < 4.78 is 0. The van der Waals surface area contributed by atoms with Gasteiger partial charge in [0.2, 0.25) is 0 Å². The summed E-state index contributed by atoms with van der Waals surface area (Å²) in [4.78, 5) is 0. The van der Waals surface area contributed by atoms with E-state index in [0.717, 1.165) is 18.8 Å². The second-order valence-electron chi connectivity index (χ2n) is 4.12. The molecule has 1 nitrogen and oxygen atoms in total. The Balaban J connectivity index is 2.19. The Morgan fingerprint density at radius 1 is 1.30 bits per heavy atom. The standard InChI is InChI=1S/C9H16O/c1-7-4-6-9(10)5-2-3-8(7)9/h7-8,10H,2-6H2,1H3/t7-,8+,9+/m0/s1. The van der Waals surface area contributed by atoms with Crippen LogP contribution >= 0.6 is 0 Å². The van der Waals surface area contributed by atoms with Gasteiger partial charge in [-0.05, 0) is 37.5 Å². The summed E-state index contributed by atoms with van der Waals surface area (Å²) in [6, 6.07) is 0. The topological polar surface area (TPSA) is 20.2 Å². The molecule has 58 valence electrons. The van der Waals surface area contributed by atoms with Crippen molar-refractivity contribution < 1.29 is 5.11 Å². The summed E-state index contributed by atoms with van der Waals surface area (Å²) in [5.41, 5.74) is -0.223. The highest BCUT2D eigenvalue weighted by molar-refractivity contribution is 4.99. The molecule has 1 N–H and O–H groups in total. The maximum Gasteiger partial charge on any atom is 0.0678 e. The second kappa shape index (κ2) is 1.97. The molecule has 0 radical (unpaired) electrons. The van der Waals surface area contributed by atoms with Crippen molar-refractivity contribution in [2.24, 2.45) is 11.8 Å². The molecule has 0 heterocycles. The Hall–Kier alpha value is -0.0400. The lowest BCUT2D eigenvalue weighted by Crippen LogP contribution is -2.28. The van der Waals surface area contributed by atoms with Crippen molar-refractivity contribution in [2.75, 3.05) is 0 Å². The van der Waals surface area contributed by atoms with Crippen LogP contribution in [0.3, 0.4) is 0 Å². The van der Waals surface area contributed by atoms with Gasteiger partial charge in [-0.3, -0.25) is 0 Å². The molecule has 0 aliphatic heterocycles. The average Bonchev–Trinajstić information content (AvgIpc) is 2.35. The maximum absolute atomic E-state index is 10.0. The number of hydrogen-bond acceptors (Lipinski definition) is 1. The Labute approximate surface area is 62.4 Å². The molecule has 3 atom stereocenters. The predicted octanol–water partition coefficient (Wildman–Crippen LogP) is 1.95. The van der Waals surface area contributed by atoms with Gasteiger partial charge >= 0.3 is 0 Å². The molecule has 0 spiro atoms. The van der Waals surface area contributed by atoms with Crippen molar-refractivity contribution in [1.82, 2.24) is 0 Å². The molecule has 2 aliphatic rings. The van der Waals surface area contributed by atoms with Gasteiger partial charge in [-0.1, -0.05) is 13.3 Å². The first-order valence-electron chi connectivity index (χ1n) is 4.45. The fourth-order valence-electron chi connectivity index (χ4n) is 2.89. The van der Waals surface area contributed by atoms with Gasteiger partial charge < -0.3 is 5.11 Å². The molecule has 0 aromatic carbocycles. The van der Waals surface area contributed by atoms with Crippen LogP contribution in [0.15, 0.2) is 0 Å². The molecule has 0 amide bonds. The van der Waals surface area contributed by atoms with Crippen molar-refractivity contribution in [3.8, 4) is 0 Å². The fraction of sp³-hybridized carbons (Fsp3) is 1.00. The van der Waals surface area contributed by atoms with E-state index in [-0.39, 0.29) is 5.60 Å². The van der Waals surface area contributed by atoms with E-state index in [4.69, 9.17) is 0 Å². The van der Waals surface area contributed by atoms with Crippen LogP contribution in [0, 0.1) is 11.8 Å². The minimum atomic E-state index is -0.223. The lowest BCUT2D eigenvalue weighted by molar-refractivity contribution is 0.0164. The smallest absolute Gasteiger partial charge is 0.0678 e. The zero-order chi connectivity index (χ0) is 7.19. The average molecular weight is 140 g/mol. The van der Waals surface area contributed by atoms with E-state index < -0.39 is 0 Å². The van der Waals surface area contributed by atoms with E-state index in [1.807, 2.05) is 0 Å². The molecule has 0 aromatic heterocycles. The van der Waals surface area contributed by atoms with E-state index >= 15 is 0 Å². The summed E-state index contributed by atoms with van der Waals surface area (Å²) in [7, 11) is 0. The SMILES string of the molecule is C[C@H]1CC[C@]2(O)CCC[C@H]12. The van der Waals surface area contributed by atoms with Crippen LogP contribution in [0.2, 0.25) is 0 Å². The molecular weight excluding hydrogens is 124 g/mol. The van der Waals surface area contributed by atoms with Crippen LogP contribution in [0.4, 0.5) is 0 Å². The van der Waals surface area contributed by atoms with Crippen molar-refractivity contribution in [2.45, 2.75) is 44.6 Å². The van der Waals surface area contributed by atoms with E-state index in [0.29, 0.717) is 5.92 Å². The first kappa shape index (κ1) is 6.66. The molecular formula is C9H16O. The second-order valence-corrected chi connectivity index (χ2v) is 4.12. The normalized spacial score (nSPS) is 53.4. The third-order valence-corrected chi connectivity index (χ3v) is 3.53. The Morgan fingerprint density at radius 2 is 2.10 bits per heavy atom. The van der Waals surface area contributed by atoms with Gasteiger partial charge in [0.1, 0.15) is 0 Å². The Bertz CT molecular complexity index is 144. The maximum atomic E-state index is 10.0. The first-order valence-corrected chi connectivity index (χ1v) is 4.45. The van der Waals surface area contributed by atoms with Crippen LogP contribution in [-0.4, -0.2) is 10.7 Å². The molecule has 1 heteroatoms. The largest absolute Gasteiger partial charge is 0.390 e. The third-order valence-electron chi connectivity index (χ3n) is 3.53. The first-order chi connectivity index (χ1) is 4.72. The van der Waals surface area contributed by atoms with E-state index in [1.54, 1.807) is 0 Å². The third kappa shape index (κ3) is 0.731. The van der Waals surface area contributed by atoms with Crippen LogP contribution in [0.1, 0.15) is 39.0 Å². The number of hydrogen-bond donors (Lipinski definition) is 1. The molecule has 2 fully saturated rings. The molecule has 10 heavy (non-hydrogen) atoms. The van der Waals surface area contributed by atoms with Crippen molar-refractivity contribution in [3.05, 3.63) is 0 Å². The molecule has 2 rings (SSSR count). The van der Waals surface area contributed by atoms with Crippen LogP contribution in [-0.2, 0) is 0 Å². The number of rotatable bonds is 0. The van der Waals surface area contributed by atoms with Gasteiger partial charge in [-0.2, -0.15) is 0 Å². The zero-order valence-electron chi connectivity index (χ0n) is 6.64. The fourth-order valence-corrected chi connectivity index (χ4v) is 2.89. The molecule has 2 saturated carbocycles. The van der Waals surface area contributed by atoms with Gasteiger partial charge in [-0.25, -0.2) is 0 Å². The highest BCUT2D eigenvalue weighted by atomic mass is 16.3. The minimum Gasteiger partial charge on any atom is -0.390 e. The minimum absolute atomic E-state index is 0.223. The number of aliphatic hydroxyl groups is 1. The summed E-state index contributed by atoms with van der Waals surface area (Å²) in [6.07, 6.45) is 5.92. The predicted molar refractivity (Wildman–Crippen MR) is 40.7 cm³/mol. The summed E-state index contributed by atoms with van der Waals surface area (Å²) in [5, 5.41) is 10.0. The van der Waals surface area contributed by atoms with Gasteiger partial charge in [-0.15, -0.1) is 0 Å². The van der Waals surface area contributed by atoms with Crippen molar-refractivity contribution in [3.63, 3.8) is 0 Å². The van der Waals surface area contributed by atoms with Gasteiger partial charge in [0.15, 0.2) is 0 Å². The monoisotopic (exact) mass is 140 g/mol. The molecule has 0 unspecified atom stereocenters. The summed E-state index contributed by atoms with van der Waals surface area (Å²) >= 11 is 0. The van der Waals surface area contributed by atoms with Gasteiger partial charge in [0.25, 0.3) is 0 Å². The van der Waals surface area contributed by atoms with Crippen LogP contribution in [0.25, 0.3) is 0 Å². The summed E-state index contributed by atoms with van der Waals surface area (Å²) in [6.45, 7) is 2.29. The zero-order valence-corrected chi connectivity index (χ0v) is 6.64. The van der Waals surface area contributed by atoms with Crippen LogP contribution in [0.5, 0.6) is 0 Å². The lowest BCUT2D eigenvalue weighted by atomic mass is 9.90. The van der Waals surface area contributed by atoms with Crippen LogP contribution < -0.4 is 0 Å². The number of fused-ring (bicyclic) bond motifs is 1. The van der Waals surface area contributed by atoms with Gasteiger partial charge in [0, 0.05) is 0 Å². The Kier molecular flexibility index (Phi) is 1.31. The van der Waals surface area contributed by atoms with Gasteiger partial charge in [0.05, 0.1) is 5.60 Å².